The summed E-state index contributed by atoms with van der Waals surface area (Å²) in [5, 5.41) is 0. The highest BCUT2D eigenvalue weighted by atomic mass is 16.2. The summed E-state index contributed by atoms with van der Waals surface area (Å²) in [7, 11) is 3.47. The van der Waals surface area contributed by atoms with Crippen molar-refractivity contribution < 1.29 is 4.79 Å². The highest BCUT2D eigenvalue weighted by Gasteiger charge is 2.03. The first-order chi connectivity index (χ1) is 7.50. The van der Waals surface area contributed by atoms with Crippen LogP contribution in [0.25, 0.3) is 0 Å². The van der Waals surface area contributed by atoms with Gasteiger partial charge in [-0.2, -0.15) is 0 Å². The number of aromatic nitrogens is 1. The van der Waals surface area contributed by atoms with Crippen LogP contribution in [0.5, 0.6) is 0 Å². The Balaban J connectivity index is 2.46. The molecular weight excluding hydrogens is 206 g/mol. The standard InChI is InChI=1S/C11H17N3O2/c1-13(2)11(16)4-3-6-14-7-5-10(15)9(12)8-14/h5,7-8H,3-4,6,12H2,1-2H3. The molecular formula is C11H17N3O2. The van der Waals surface area contributed by atoms with E-state index in [0.717, 1.165) is 6.42 Å². The third kappa shape index (κ3) is 3.42. The predicted molar refractivity (Wildman–Crippen MR) is 63.0 cm³/mol. The average molecular weight is 223 g/mol. The second-order valence-corrected chi connectivity index (χ2v) is 3.89. The van der Waals surface area contributed by atoms with Gasteiger partial charge in [-0.1, -0.05) is 0 Å². The SMILES string of the molecule is CN(C)C(=O)CCCn1ccc(=O)c(N)c1. The van der Waals surface area contributed by atoms with Gasteiger partial charge in [0.1, 0.15) is 0 Å². The van der Waals surface area contributed by atoms with Crippen LogP contribution in [-0.2, 0) is 11.3 Å². The van der Waals surface area contributed by atoms with Gasteiger partial charge in [0.05, 0.1) is 5.69 Å². The molecule has 0 atom stereocenters. The van der Waals surface area contributed by atoms with Crippen molar-refractivity contribution in [3.05, 3.63) is 28.7 Å². The highest BCUT2D eigenvalue weighted by molar-refractivity contribution is 5.75. The molecule has 1 amide bonds. The summed E-state index contributed by atoms with van der Waals surface area (Å²) in [6.45, 7) is 0.685. The van der Waals surface area contributed by atoms with Crippen LogP contribution >= 0.6 is 0 Å². The van der Waals surface area contributed by atoms with Crippen molar-refractivity contribution in [1.29, 1.82) is 0 Å². The average Bonchev–Trinajstić information content (AvgIpc) is 2.23. The molecule has 2 N–H and O–H groups in total. The van der Waals surface area contributed by atoms with E-state index in [1.165, 1.54) is 6.07 Å². The van der Waals surface area contributed by atoms with E-state index < -0.39 is 0 Å². The van der Waals surface area contributed by atoms with Crippen molar-refractivity contribution in [2.75, 3.05) is 19.8 Å². The molecule has 0 radical (unpaired) electrons. The molecule has 0 aliphatic rings. The monoisotopic (exact) mass is 223 g/mol. The van der Waals surface area contributed by atoms with Gasteiger partial charge < -0.3 is 15.2 Å². The van der Waals surface area contributed by atoms with E-state index in [9.17, 15) is 9.59 Å². The lowest BCUT2D eigenvalue weighted by Crippen LogP contribution is -2.21. The van der Waals surface area contributed by atoms with Gasteiger partial charge in [-0.3, -0.25) is 9.59 Å². The second-order valence-electron chi connectivity index (χ2n) is 3.89. The Morgan fingerprint density at radius 3 is 2.75 bits per heavy atom. The minimum absolute atomic E-state index is 0.106. The van der Waals surface area contributed by atoms with Crippen LogP contribution in [-0.4, -0.2) is 29.5 Å². The number of pyridine rings is 1. The lowest BCUT2D eigenvalue weighted by Gasteiger charge is -2.10. The Bertz CT molecular complexity index is 423. The molecule has 1 heterocycles. The van der Waals surface area contributed by atoms with Crippen molar-refractivity contribution >= 4 is 11.6 Å². The second kappa shape index (κ2) is 5.34. The van der Waals surface area contributed by atoms with Gasteiger partial charge in [0, 0.05) is 45.5 Å². The molecule has 0 unspecified atom stereocenters. The molecule has 5 nitrogen and oxygen atoms in total. The first kappa shape index (κ1) is 12.3. The van der Waals surface area contributed by atoms with Gasteiger partial charge in [-0.15, -0.1) is 0 Å². The smallest absolute Gasteiger partial charge is 0.222 e. The van der Waals surface area contributed by atoms with E-state index in [0.29, 0.717) is 13.0 Å². The summed E-state index contributed by atoms with van der Waals surface area (Å²) >= 11 is 0. The number of carbonyl (C=O) groups excluding carboxylic acids is 1. The van der Waals surface area contributed by atoms with E-state index in [1.807, 2.05) is 4.57 Å². The van der Waals surface area contributed by atoms with Crippen molar-refractivity contribution in [2.24, 2.45) is 0 Å². The van der Waals surface area contributed by atoms with Gasteiger partial charge in [-0.05, 0) is 6.42 Å². The molecule has 0 saturated carbocycles. The highest BCUT2D eigenvalue weighted by Crippen LogP contribution is 1.99. The van der Waals surface area contributed by atoms with Gasteiger partial charge in [0.25, 0.3) is 0 Å². The van der Waals surface area contributed by atoms with E-state index in [4.69, 9.17) is 5.73 Å². The number of hydrogen-bond acceptors (Lipinski definition) is 3. The first-order valence-electron chi connectivity index (χ1n) is 5.16. The molecule has 5 heteroatoms. The number of amides is 1. The number of anilines is 1. The van der Waals surface area contributed by atoms with Gasteiger partial charge >= 0.3 is 0 Å². The number of nitrogen functional groups attached to an aromatic ring is 1. The normalized spacial score (nSPS) is 10.1. The molecule has 0 bridgehead atoms. The molecule has 0 fully saturated rings. The van der Waals surface area contributed by atoms with Crippen molar-refractivity contribution in [2.45, 2.75) is 19.4 Å². The minimum atomic E-state index is -0.166. The molecule has 1 aromatic heterocycles. The maximum absolute atomic E-state index is 11.3. The Morgan fingerprint density at radius 2 is 2.19 bits per heavy atom. The summed E-state index contributed by atoms with van der Waals surface area (Å²) in [6, 6.07) is 1.43. The molecule has 1 aromatic rings. The largest absolute Gasteiger partial charge is 0.394 e. The summed E-state index contributed by atoms with van der Waals surface area (Å²) < 4.78 is 1.82. The first-order valence-corrected chi connectivity index (χ1v) is 5.16. The van der Waals surface area contributed by atoms with Crippen LogP contribution in [0.15, 0.2) is 23.3 Å². The molecule has 88 valence electrons. The maximum atomic E-state index is 11.3. The lowest BCUT2D eigenvalue weighted by molar-refractivity contribution is -0.128. The number of aryl methyl sites for hydroxylation is 1. The van der Waals surface area contributed by atoms with E-state index >= 15 is 0 Å². The number of rotatable bonds is 4. The summed E-state index contributed by atoms with van der Waals surface area (Å²) in [4.78, 5) is 23.9. The van der Waals surface area contributed by atoms with Crippen LogP contribution < -0.4 is 11.2 Å². The van der Waals surface area contributed by atoms with Crippen LogP contribution in [0, 0.1) is 0 Å². The van der Waals surface area contributed by atoms with Crippen LogP contribution in [0.3, 0.4) is 0 Å². The Morgan fingerprint density at radius 1 is 1.50 bits per heavy atom. The summed E-state index contributed by atoms with van der Waals surface area (Å²) in [6.07, 6.45) is 4.51. The fourth-order valence-corrected chi connectivity index (χ4v) is 1.32. The zero-order valence-electron chi connectivity index (χ0n) is 9.64. The maximum Gasteiger partial charge on any atom is 0.222 e. The lowest BCUT2D eigenvalue weighted by atomic mass is 10.3. The number of nitrogens with two attached hydrogens (primary N) is 1. The molecule has 0 spiro atoms. The quantitative estimate of drug-likeness (QED) is 0.798. The van der Waals surface area contributed by atoms with E-state index in [1.54, 1.807) is 31.4 Å². The zero-order valence-corrected chi connectivity index (χ0v) is 9.64. The van der Waals surface area contributed by atoms with E-state index in [2.05, 4.69) is 0 Å². The van der Waals surface area contributed by atoms with Crippen LogP contribution in [0.2, 0.25) is 0 Å². The van der Waals surface area contributed by atoms with Gasteiger partial charge in [0.2, 0.25) is 11.3 Å². The summed E-state index contributed by atoms with van der Waals surface area (Å²) in [5.74, 6) is 0.106. The van der Waals surface area contributed by atoms with Crippen LogP contribution in [0.1, 0.15) is 12.8 Å². The molecule has 1 rings (SSSR count). The number of nitrogens with zero attached hydrogens (tertiary/aromatic N) is 2. The Hall–Kier alpha value is -1.78. The number of hydrogen-bond donors (Lipinski definition) is 1. The molecule has 0 saturated heterocycles. The van der Waals surface area contributed by atoms with Crippen LogP contribution in [0.4, 0.5) is 5.69 Å². The van der Waals surface area contributed by atoms with Crippen molar-refractivity contribution in [3.8, 4) is 0 Å². The fraction of sp³-hybridized carbons (Fsp3) is 0.455. The molecule has 0 aromatic carbocycles. The topological polar surface area (TPSA) is 68.3 Å². The molecule has 0 aliphatic carbocycles. The third-order valence-electron chi connectivity index (χ3n) is 2.31. The Labute approximate surface area is 94.5 Å². The Kier molecular flexibility index (Phi) is 4.10. The van der Waals surface area contributed by atoms with E-state index in [-0.39, 0.29) is 17.0 Å². The zero-order chi connectivity index (χ0) is 12.1. The number of carbonyl (C=O) groups is 1. The fourth-order valence-electron chi connectivity index (χ4n) is 1.32. The molecule has 0 aliphatic heterocycles. The van der Waals surface area contributed by atoms with Gasteiger partial charge in [-0.25, -0.2) is 0 Å². The predicted octanol–water partition coefficient (Wildman–Crippen LogP) is 0.299. The minimum Gasteiger partial charge on any atom is -0.394 e. The third-order valence-corrected chi connectivity index (χ3v) is 2.31. The summed E-state index contributed by atoms with van der Waals surface area (Å²) in [5.41, 5.74) is 5.56. The van der Waals surface area contributed by atoms with Crippen molar-refractivity contribution in [1.82, 2.24) is 9.47 Å². The van der Waals surface area contributed by atoms with Gasteiger partial charge in [0.15, 0.2) is 0 Å². The van der Waals surface area contributed by atoms with Crippen molar-refractivity contribution in [3.63, 3.8) is 0 Å². The molecule has 16 heavy (non-hydrogen) atoms.